The van der Waals surface area contributed by atoms with Crippen molar-refractivity contribution < 1.29 is 0 Å². The highest BCUT2D eigenvalue weighted by atomic mass is 79.9. The molecule has 0 aliphatic carbocycles. The van der Waals surface area contributed by atoms with Gasteiger partial charge in [0, 0.05) is 23.4 Å². The number of pyridine rings is 2. The van der Waals surface area contributed by atoms with Crippen LogP contribution in [0.2, 0.25) is 0 Å². The van der Waals surface area contributed by atoms with E-state index in [4.69, 9.17) is 0 Å². The van der Waals surface area contributed by atoms with E-state index >= 15 is 0 Å². The van der Waals surface area contributed by atoms with Gasteiger partial charge in [0.05, 0.1) is 0 Å². The predicted octanol–water partition coefficient (Wildman–Crippen LogP) is 3.50. The summed E-state index contributed by atoms with van der Waals surface area (Å²) in [7, 11) is 0. The van der Waals surface area contributed by atoms with Gasteiger partial charge in [-0.15, -0.1) is 0 Å². The summed E-state index contributed by atoms with van der Waals surface area (Å²) < 4.78 is 0.987. The van der Waals surface area contributed by atoms with Crippen LogP contribution < -0.4 is 5.32 Å². The first-order valence-electron chi connectivity index (χ1n) is 5.73. The minimum atomic E-state index is 0.866. The van der Waals surface area contributed by atoms with Crippen LogP contribution in [0.3, 0.4) is 0 Å². The number of rotatable bonds is 5. The molecule has 0 radical (unpaired) electrons. The molecule has 0 aliphatic heterocycles. The largest absolute Gasteiger partial charge is 0.313 e. The first-order chi connectivity index (χ1) is 8.78. The predicted molar refractivity (Wildman–Crippen MR) is 77.7 cm³/mol. The molecule has 3 nitrogen and oxygen atoms in total. The summed E-state index contributed by atoms with van der Waals surface area (Å²) in [6.07, 6.45) is 3.70. The molecule has 0 unspecified atom stereocenters. The van der Waals surface area contributed by atoms with Crippen LogP contribution in [-0.4, -0.2) is 16.5 Å². The molecule has 0 saturated heterocycles. The minimum absolute atomic E-state index is 0.866. The van der Waals surface area contributed by atoms with Gasteiger partial charge in [0.1, 0.15) is 10.1 Å². The van der Waals surface area contributed by atoms with Crippen molar-refractivity contribution in [3.8, 4) is 0 Å². The Morgan fingerprint density at radius 1 is 1.11 bits per heavy atom. The third-order valence-corrected chi connectivity index (χ3v) is 3.66. The molecule has 0 amide bonds. The molecule has 0 saturated carbocycles. The summed E-state index contributed by atoms with van der Waals surface area (Å²) in [6.45, 7) is 3.93. The van der Waals surface area contributed by atoms with Crippen molar-refractivity contribution in [2.45, 2.75) is 23.5 Å². The number of hydrogen-bond donors (Lipinski definition) is 1. The van der Waals surface area contributed by atoms with E-state index in [0.29, 0.717) is 0 Å². The smallest absolute Gasteiger partial charge is 0.102 e. The molecule has 18 heavy (non-hydrogen) atoms. The van der Waals surface area contributed by atoms with Gasteiger partial charge in [-0.25, -0.2) is 9.97 Å². The van der Waals surface area contributed by atoms with Crippen LogP contribution in [0, 0.1) is 0 Å². The second kappa shape index (κ2) is 6.87. The molecule has 2 aromatic heterocycles. The van der Waals surface area contributed by atoms with E-state index in [2.05, 4.69) is 44.2 Å². The SMILES string of the molecule is CCNCc1ccc(Sc2ccc(Br)cn2)nc1. The van der Waals surface area contributed by atoms with Crippen LogP contribution in [0.5, 0.6) is 0 Å². The zero-order valence-corrected chi connectivity index (χ0v) is 12.5. The van der Waals surface area contributed by atoms with Crippen molar-refractivity contribution in [1.29, 1.82) is 0 Å². The maximum absolute atomic E-state index is 4.42. The van der Waals surface area contributed by atoms with E-state index in [1.165, 1.54) is 5.56 Å². The molecule has 5 heteroatoms. The average Bonchev–Trinajstić information content (AvgIpc) is 2.41. The first-order valence-corrected chi connectivity index (χ1v) is 7.34. The second-order valence-electron chi connectivity index (χ2n) is 3.70. The third-order valence-electron chi connectivity index (χ3n) is 2.29. The lowest BCUT2D eigenvalue weighted by Gasteiger charge is -2.03. The van der Waals surface area contributed by atoms with E-state index in [1.54, 1.807) is 18.0 Å². The van der Waals surface area contributed by atoms with Gasteiger partial charge in [-0.3, -0.25) is 0 Å². The molecule has 0 fully saturated rings. The summed E-state index contributed by atoms with van der Waals surface area (Å²) in [5.74, 6) is 0. The number of nitrogens with one attached hydrogen (secondary N) is 1. The lowest BCUT2D eigenvalue weighted by molar-refractivity contribution is 0.723. The van der Waals surface area contributed by atoms with Crippen molar-refractivity contribution in [3.63, 3.8) is 0 Å². The first kappa shape index (κ1) is 13.5. The minimum Gasteiger partial charge on any atom is -0.313 e. The molecule has 0 aliphatic rings. The monoisotopic (exact) mass is 323 g/mol. The quantitative estimate of drug-likeness (QED) is 0.913. The van der Waals surface area contributed by atoms with Crippen molar-refractivity contribution in [2.75, 3.05) is 6.54 Å². The second-order valence-corrected chi connectivity index (χ2v) is 5.66. The summed E-state index contributed by atoms with van der Waals surface area (Å²) in [5, 5.41) is 5.19. The molecule has 94 valence electrons. The molecular formula is C13H14BrN3S. The number of halogens is 1. The summed E-state index contributed by atoms with van der Waals surface area (Å²) in [4.78, 5) is 8.73. The highest BCUT2D eigenvalue weighted by molar-refractivity contribution is 9.10. The van der Waals surface area contributed by atoms with Crippen molar-refractivity contribution in [1.82, 2.24) is 15.3 Å². The molecule has 0 bridgehead atoms. The van der Waals surface area contributed by atoms with E-state index in [9.17, 15) is 0 Å². The van der Waals surface area contributed by atoms with Gasteiger partial charge in [-0.2, -0.15) is 0 Å². The van der Waals surface area contributed by atoms with Gasteiger partial charge in [-0.1, -0.05) is 24.8 Å². The van der Waals surface area contributed by atoms with E-state index in [1.807, 2.05) is 24.4 Å². The summed E-state index contributed by atoms with van der Waals surface area (Å²) >= 11 is 4.94. The Balaban J connectivity index is 1.99. The van der Waals surface area contributed by atoms with E-state index in [0.717, 1.165) is 27.6 Å². The van der Waals surface area contributed by atoms with Crippen LogP contribution in [0.1, 0.15) is 12.5 Å². The van der Waals surface area contributed by atoms with Crippen LogP contribution in [0.15, 0.2) is 51.2 Å². The number of nitrogens with zero attached hydrogens (tertiary/aromatic N) is 2. The molecule has 2 aromatic rings. The van der Waals surface area contributed by atoms with Gasteiger partial charge in [-0.05, 0) is 46.2 Å². The van der Waals surface area contributed by atoms with Crippen LogP contribution in [0.4, 0.5) is 0 Å². The van der Waals surface area contributed by atoms with Gasteiger partial charge < -0.3 is 5.32 Å². The lowest BCUT2D eigenvalue weighted by atomic mass is 10.3. The van der Waals surface area contributed by atoms with Crippen LogP contribution >= 0.6 is 27.7 Å². The van der Waals surface area contributed by atoms with Crippen molar-refractivity contribution in [2.24, 2.45) is 0 Å². The zero-order chi connectivity index (χ0) is 12.8. The number of hydrogen-bond acceptors (Lipinski definition) is 4. The highest BCUT2D eigenvalue weighted by Crippen LogP contribution is 2.24. The average molecular weight is 324 g/mol. The Labute approximate surface area is 120 Å². The lowest BCUT2D eigenvalue weighted by Crippen LogP contribution is -2.11. The van der Waals surface area contributed by atoms with Crippen LogP contribution in [-0.2, 0) is 6.54 Å². The fraction of sp³-hybridized carbons (Fsp3) is 0.231. The molecule has 0 atom stereocenters. The Kier molecular flexibility index (Phi) is 5.16. The number of aromatic nitrogens is 2. The maximum atomic E-state index is 4.42. The molecular weight excluding hydrogens is 310 g/mol. The third kappa shape index (κ3) is 4.08. The fourth-order valence-corrected chi connectivity index (χ4v) is 2.31. The van der Waals surface area contributed by atoms with Crippen LogP contribution in [0.25, 0.3) is 0 Å². The molecule has 1 N–H and O–H groups in total. The molecule has 0 aromatic carbocycles. The van der Waals surface area contributed by atoms with E-state index < -0.39 is 0 Å². The molecule has 0 spiro atoms. The molecule has 2 heterocycles. The fourth-order valence-electron chi connectivity index (χ4n) is 1.37. The topological polar surface area (TPSA) is 37.8 Å². The summed E-state index contributed by atoms with van der Waals surface area (Å²) in [5.41, 5.74) is 1.20. The standard InChI is InChI=1S/C13H14BrN3S/c1-2-15-7-10-3-5-12(16-8-10)18-13-6-4-11(14)9-17-13/h3-6,8-9,15H,2,7H2,1H3. The van der Waals surface area contributed by atoms with Gasteiger partial charge in [0.2, 0.25) is 0 Å². The van der Waals surface area contributed by atoms with Gasteiger partial charge in [0.25, 0.3) is 0 Å². The highest BCUT2D eigenvalue weighted by Gasteiger charge is 2.00. The normalized spacial score (nSPS) is 10.6. The molecule has 2 rings (SSSR count). The maximum Gasteiger partial charge on any atom is 0.102 e. The Bertz CT molecular complexity index is 485. The van der Waals surface area contributed by atoms with E-state index in [-0.39, 0.29) is 0 Å². The van der Waals surface area contributed by atoms with Crippen molar-refractivity contribution >= 4 is 27.7 Å². The Morgan fingerprint density at radius 2 is 1.83 bits per heavy atom. The van der Waals surface area contributed by atoms with Gasteiger partial charge >= 0.3 is 0 Å². The summed E-state index contributed by atoms with van der Waals surface area (Å²) in [6, 6.07) is 8.08. The van der Waals surface area contributed by atoms with Crippen molar-refractivity contribution in [3.05, 3.63) is 46.7 Å². The van der Waals surface area contributed by atoms with Gasteiger partial charge in [0.15, 0.2) is 0 Å². The Morgan fingerprint density at radius 3 is 2.39 bits per heavy atom. The zero-order valence-electron chi connectivity index (χ0n) is 10.1. The Hall–Kier alpha value is -0.910.